The third-order valence-corrected chi connectivity index (χ3v) is 17.6. The first kappa shape index (κ1) is 34.7. The number of hydrogen-bond donors (Lipinski definition) is 0. The number of hydrogen-bond acceptors (Lipinski definition) is 2. The fourth-order valence-corrected chi connectivity index (χ4v) is 15.4. The molecule has 1 heterocycles. The van der Waals surface area contributed by atoms with Crippen LogP contribution in [0.4, 0.5) is 17.1 Å². The number of thiophene rings is 1. The van der Waals surface area contributed by atoms with Gasteiger partial charge in [-0.15, -0.1) is 11.3 Å². The minimum atomic E-state index is -0.0924. The van der Waals surface area contributed by atoms with Crippen molar-refractivity contribution in [3.8, 4) is 33.4 Å². The van der Waals surface area contributed by atoms with Gasteiger partial charge in [0.15, 0.2) is 0 Å². The van der Waals surface area contributed by atoms with E-state index in [1.54, 1.807) is 11.1 Å². The molecule has 0 aliphatic heterocycles. The van der Waals surface area contributed by atoms with Crippen molar-refractivity contribution >= 4 is 59.3 Å². The van der Waals surface area contributed by atoms with E-state index in [0.717, 1.165) is 23.7 Å². The minimum absolute atomic E-state index is 0.0924. The van der Waals surface area contributed by atoms with Gasteiger partial charge in [-0.05, 0) is 153 Å². The predicted molar refractivity (Wildman–Crippen MR) is 258 cm³/mol. The molecule has 2 heteroatoms. The van der Waals surface area contributed by atoms with Crippen LogP contribution in [0.15, 0.2) is 164 Å². The van der Waals surface area contributed by atoms with Gasteiger partial charge in [0, 0.05) is 37.6 Å². The van der Waals surface area contributed by atoms with Crippen molar-refractivity contribution in [1.82, 2.24) is 0 Å². The lowest BCUT2D eigenvalue weighted by molar-refractivity contribution is -0.0399. The van der Waals surface area contributed by atoms with Gasteiger partial charge in [-0.3, -0.25) is 0 Å². The zero-order valence-corrected chi connectivity index (χ0v) is 35.6. The van der Waals surface area contributed by atoms with Crippen molar-refractivity contribution in [1.29, 1.82) is 0 Å². The van der Waals surface area contributed by atoms with Gasteiger partial charge in [-0.1, -0.05) is 141 Å². The molecule has 4 saturated carbocycles. The Labute approximate surface area is 362 Å². The summed E-state index contributed by atoms with van der Waals surface area (Å²) in [5, 5.41) is 5.17. The van der Waals surface area contributed by atoms with E-state index in [1.807, 2.05) is 11.3 Å². The lowest BCUT2D eigenvalue weighted by atomic mass is 9.43. The summed E-state index contributed by atoms with van der Waals surface area (Å²) in [4.78, 5) is 2.56. The molecular formula is C59H47NS. The molecule has 6 aliphatic carbocycles. The zero-order valence-electron chi connectivity index (χ0n) is 34.8. The number of nitrogens with zero attached hydrogens (tertiary/aromatic N) is 1. The maximum atomic E-state index is 2.56. The van der Waals surface area contributed by atoms with E-state index in [0.29, 0.717) is 0 Å². The molecule has 294 valence electrons. The van der Waals surface area contributed by atoms with Crippen molar-refractivity contribution in [2.75, 3.05) is 4.90 Å². The number of rotatable bonds is 4. The lowest BCUT2D eigenvalue weighted by Crippen LogP contribution is -2.55. The summed E-state index contributed by atoms with van der Waals surface area (Å²) < 4.78 is 2.64. The second-order valence-corrected chi connectivity index (χ2v) is 20.7. The van der Waals surface area contributed by atoms with E-state index in [2.05, 4.69) is 183 Å². The average molecular weight is 802 g/mol. The summed E-state index contributed by atoms with van der Waals surface area (Å²) in [6, 6.07) is 63.1. The largest absolute Gasteiger partial charge is 0.308 e. The highest BCUT2D eigenvalue weighted by molar-refractivity contribution is 7.26. The highest BCUT2D eigenvalue weighted by Gasteiger charge is 2.61. The van der Waals surface area contributed by atoms with E-state index in [9.17, 15) is 0 Å². The number of anilines is 3. The van der Waals surface area contributed by atoms with Crippen LogP contribution in [0.5, 0.6) is 0 Å². The van der Waals surface area contributed by atoms with Gasteiger partial charge in [-0.2, -0.15) is 0 Å². The van der Waals surface area contributed by atoms with Crippen LogP contribution in [0.2, 0.25) is 0 Å². The summed E-state index contributed by atoms with van der Waals surface area (Å²) in [6.45, 7) is 4.77. The molecule has 0 N–H and O–H groups in total. The van der Waals surface area contributed by atoms with Crippen LogP contribution in [0, 0.1) is 23.7 Å². The Morgan fingerprint density at radius 3 is 1.92 bits per heavy atom. The fraction of sp³-hybridized carbons (Fsp3) is 0.220. The molecular weight excluding hydrogens is 755 g/mol. The first-order chi connectivity index (χ1) is 30.0. The van der Waals surface area contributed by atoms with Crippen LogP contribution in [-0.2, 0) is 10.8 Å². The molecule has 1 spiro atoms. The van der Waals surface area contributed by atoms with Crippen molar-refractivity contribution < 1.29 is 0 Å². The molecule has 9 aromatic rings. The third-order valence-electron chi connectivity index (χ3n) is 16.4. The normalized spacial score (nSPS) is 23.4. The maximum absolute atomic E-state index is 2.56. The van der Waals surface area contributed by atoms with Crippen molar-refractivity contribution in [3.05, 3.63) is 186 Å². The van der Waals surface area contributed by atoms with Crippen LogP contribution in [-0.4, -0.2) is 0 Å². The fourth-order valence-electron chi connectivity index (χ4n) is 14.2. The van der Waals surface area contributed by atoms with Crippen LogP contribution in [0.25, 0.3) is 64.3 Å². The Kier molecular flexibility index (Phi) is 7.02. The van der Waals surface area contributed by atoms with Gasteiger partial charge >= 0.3 is 0 Å². The molecule has 0 saturated heterocycles. The smallest absolute Gasteiger partial charge is 0.0640 e. The van der Waals surface area contributed by atoms with Crippen LogP contribution < -0.4 is 4.90 Å². The molecule has 8 aromatic carbocycles. The Hall–Kier alpha value is -5.96. The minimum Gasteiger partial charge on any atom is -0.308 e. The van der Waals surface area contributed by atoms with Gasteiger partial charge in [-0.25, -0.2) is 0 Å². The molecule has 1 aromatic heterocycles. The maximum Gasteiger partial charge on any atom is 0.0640 e. The standard InChI is InChI=1S/C59H47NS/c1-58(2)48-17-6-3-13-46(48)56-50(58)19-11-21-52(56)60(53-22-10-16-45-44-12-5-8-23-54(44)61-57(45)53)42-27-26-37-33-39(25-24-38(37)34-42)43-15-9-20-51-55(43)47-14-4-7-18-49(47)59(51)40-29-35-28-36(31-40)32-41(59)30-35/h3-27,33-36,40-41H,28-32H2,1-2H3. The Balaban J connectivity index is 0.945. The highest BCUT2D eigenvalue weighted by Crippen LogP contribution is 2.70. The van der Waals surface area contributed by atoms with Crippen molar-refractivity contribution in [3.63, 3.8) is 0 Å². The second-order valence-electron chi connectivity index (χ2n) is 19.7. The highest BCUT2D eigenvalue weighted by atomic mass is 32.1. The molecule has 1 nitrogen and oxygen atoms in total. The van der Waals surface area contributed by atoms with Gasteiger partial charge < -0.3 is 4.90 Å². The molecule has 6 aliphatic rings. The summed E-state index contributed by atoms with van der Waals surface area (Å²) in [7, 11) is 0. The van der Waals surface area contributed by atoms with Crippen LogP contribution in [0.3, 0.4) is 0 Å². The Bertz CT molecular complexity index is 3300. The van der Waals surface area contributed by atoms with E-state index >= 15 is 0 Å². The Morgan fingerprint density at radius 2 is 1.08 bits per heavy atom. The molecule has 0 unspecified atom stereocenters. The zero-order chi connectivity index (χ0) is 40.2. The molecule has 61 heavy (non-hydrogen) atoms. The molecule has 0 radical (unpaired) electrons. The molecule has 0 atom stereocenters. The molecule has 15 rings (SSSR count). The van der Waals surface area contributed by atoms with Crippen molar-refractivity contribution in [2.45, 2.75) is 56.8 Å². The van der Waals surface area contributed by atoms with Crippen LogP contribution >= 0.6 is 11.3 Å². The summed E-state index contributed by atoms with van der Waals surface area (Å²) >= 11 is 1.91. The average Bonchev–Trinajstić information content (AvgIpc) is 3.90. The summed E-state index contributed by atoms with van der Waals surface area (Å²) in [6.07, 6.45) is 7.12. The number of benzene rings is 8. The topological polar surface area (TPSA) is 3.24 Å². The Morgan fingerprint density at radius 1 is 0.475 bits per heavy atom. The first-order valence-electron chi connectivity index (χ1n) is 22.7. The van der Waals surface area contributed by atoms with E-state index < -0.39 is 0 Å². The van der Waals surface area contributed by atoms with Crippen molar-refractivity contribution in [2.24, 2.45) is 23.7 Å². The predicted octanol–water partition coefficient (Wildman–Crippen LogP) is 16.4. The SMILES string of the molecule is CC1(C)c2ccccc2-c2c(N(c3ccc4cc(-c5cccc6c5-c5ccccc5C65C6CC7CC(C6)CC5C7)ccc4c3)c3cccc4c3sc3ccccc34)cccc21. The third kappa shape index (κ3) is 4.57. The first-order valence-corrected chi connectivity index (χ1v) is 23.5. The van der Waals surface area contributed by atoms with Gasteiger partial charge in [0.25, 0.3) is 0 Å². The molecule has 4 fully saturated rings. The van der Waals surface area contributed by atoms with Gasteiger partial charge in [0.05, 0.1) is 16.1 Å². The quantitative estimate of drug-likeness (QED) is 0.171. The summed E-state index contributed by atoms with van der Waals surface area (Å²) in [5.41, 5.74) is 18.1. The summed E-state index contributed by atoms with van der Waals surface area (Å²) in [5.74, 6) is 3.42. The van der Waals surface area contributed by atoms with E-state index in [4.69, 9.17) is 0 Å². The molecule has 4 bridgehead atoms. The van der Waals surface area contributed by atoms with Crippen LogP contribution in [0.1, 0.15) is 68.2 Å². The van der Waals surface area contributed by atoms with Gasteiger partial charge in [0.2, 0.25) is 0 Å². The second kappa shape index (κ2) is 12.3. The monoisotopic (exact) mass is 801 g/mol. The van der Waals surface area contributed by atoms with E-state index in [-0.39, 0.29) is 10.8 Å². The number of fused-ring (bicyclic) bond motifs is 10. The molecule has 0 amide bonds. The van der Waals surface area contributed by atoms with Gasteiger partial charge in [0.1, 0.15) is 0 Å². The van der Waals surface area contributed by atoms with E-state index in [1.165, 1.54) is 125 Å². The lowest BCUT2D eigenvalue weighted by Gasteiger charge is -2.61.